The minimum absolute atomic E-state index is 0.0789. The summed E-state index contributed by atoms with van der Waals surface area (Å²) in [5, 5.41) is 7.75. The Bertz CT molecular complexity index is 1090. The van der Waals surface area contributed by atoms with Gasteiger partial charge in [0.1, 0.15) is 0 Å². The molecule has 1 heterocycles. The summed E-state index contributed by atoms with van der Waals surface area (Å²) in [5.74, 6) is 1.39. The monoisotopic (exact) mass is 498 g/mol. The van der Waals surface area contributed by atoms with Crippen LogP contribution in [-0.2, 0) is 9.53 Å². The van der Waals surface area contributed by atoms with Crippen LogP contribution in [0.4, 0.5) is 5.69 Å². The lowest BCUT2D eigenvalue weighted by molar-refractivity contribution is -0.130. The Morgan fingerprint density at radius 2 is 1.63 bits per heavy atom. The molecule has 2 aromatic rings. The van der Waals surface area contributed by atoms with E-state index < -0.39 is 5.97 Å². The van der Waals surface area contributed by atoms with Crippen molar-refractivity contribution in [2.75, 3.05) is 26.1 Å². The molecule has 2 N–H and O–H groups in total. The Hall–Kier alpha value is -3.07. The molecule has 1 aromatic carbocycles. The maximum Gasteiger partial charge on any atom is 0.340 e. The van der Waals surface area contributed by atoms with Gasteiger partial charge in [-0.05, 0) is 67.7 Å². The summed E-state index contributed by atoms with van der Waals surface area (Å²) in [6.07, 6.45) is 6.91. The molecule has 8 nitrogen and oxygen atoms in total. The molecule has 6 rings (SSSR count). The average molecular weight is 499 g/mol. The van der Waals surface area contributed by atoms with Gasteiger partial charge in [-0.3, -0.25) is 9.59 Å². The summed E-state index contributed by atoms with van der Waals surface area (Å²) < 4.78 is 16.0. The molecule has 35 heavy (non-hydrogen) atoms. The normalized spacial score (nSPS) is 26.2. The van der Waals surface area contributed by atoms with Crippen LogP contribution in [0.1, 0.15) is 58.6 Å². The summed E-state index contributed by atoms with van der Waals surface area (Å²) in [6.45, 7) is -0.382. The molecule has 0 saturated heterocycles. The standard InChI is InChI=1S/C26H30N2O6S/c1-32-20-9-18(19(10-21(20)33-2)27-24(30)22-4-3-5-35-22)25(31)34-14-23(29)28-26-11-15-6-16(12-26)8-17(7-15)13-26/h3-5,9-10,15-17H,6-8,11-14H2,1-2H3,(H,27,30)(H,28,29). The number of amides is 2. The van der Waals surface area contributed by atoms with E-state index in [1.165, 1.54) is 57.0 Å². The second-order valence-corrected chi connectivity index (χ2v) is 11.0. The zero-order valence-electron chi connectivity index (χ0n) is 19.9. The molecule has 4 saturated carbocycles. The van der Waals surface area contributed by atoms with E-state index in [0.29, 0.717) is 34.1 Å². The molecular weight excluding hydrogens is 468 g/mol. The molecule has 1 aromatic heterocycles. The molecule has 0 aliphatic heterocycles. The van der Waals surface area contributed by atoms with Crippen molar-refractivity contribution in [3.63, 3.8) is 0 Å². The van der Waals surface area contributed by atoms with E-state index in [0.717, 1.165) is 19.3 Å². The molecule has 4 aliphatic carbocycles. The summed E-state index contributed by atoms with van der Waals surface area (Å²) in [5.41, 5.74) is 0.143. The fourth-order valence-electron chi connectivity index (χ4n) is 6.55. The molecule has 4 bridgehead atoms. The number of ether oxygens (including phenoxy) is 3. The van der Waals surface area contributed by atoms with Crippen LogP contribution in [0.25, 0.3) is 0 Å². The predicted octanol–water partition coefficient (Wildman–Crippen LogP) is 4.26. The van der Waals surface area contributed by atoms with E-state index in [-0.39, 0.29) is 35.2 Å². The summed E-state index contributed by atoms with van der Waals surface area (Å²) >= 11 is 1.29. The smallest absolute Gasteiger partial charge is 0.340 e. The Balaban J connectivity index is 1.28. The van der Waals surface area contributed by atoms with Crippen molar-refractivity contribution in [1.29, 1.82) is 0 Å². The Morgan fingerprint density at radius 3 is 2.20 bits per heavy atom. The van der Waals surface area contributed by atoms with Gasteiger partial charge in [0.05, 0.1) is 30.3 Å². The minimum Gasteiger partial charge on any atom is -0.493 e. The highest BCUT2D eigenvalue weighted by Crippen LogP contribution is 2.55. The molecule has 4 aliphatic rings. The largest absolute Gasteiger partial charge is 0.493 e. The first-order valence-electron chi connectivity index (χ1n) is 12.0. The number of thiophene rings is 1. The fourth-order valence-corrected chi connectivity index (χ4v) is 7.17. The molecular formula is C26H30N2O6S. The summed E-state index contributed by atoms with van der Waals surface area (Å²) in [7, 11) is 2.92. The van der Waals surface area contributed by atoms with E-state index >= 15 is 0 Å². The topological polar surface area (TPSA) is 103 Å². The Labute approximate surface area is 208 Å². The Kier molecular flexibility index (Phi) is 6.44. The van der Waals surface area contributed by atoms with Crippen molar-refractivity contribution < 1.29 is 28.6 Å². The van der Waals surface area contributed by atoms with Crippen molar-refractivity contribution in [2.24, 2.45) is 17.8 Å². The van der Waals surface area contributed by atoms with E-state index in [1.54, 1.807) is 17.5 Å². The molecule has 9 heteroatoms. The van der Waals surface area contributed by atoms with Crippen LogP contribution in [0.5, 0.6) is 11.5 Å². The number of benzene rings is 1. The third-order valence-electron chi connectivity index (χ3n) is 7.51. The highest BCUT2D eigenvalue weighted by Gasteiger charge is 2.51. The van der Waals surface area contributed by atoms with Crippen molar-refractivity contribution in [1.82, 2.24) is 5.32 Å². The fraction of sp³-hybridized carbons (Fsp3) is 0.500. The molecule has 186 valence electrons. The van der Waals surface area contributed by atoms with Crippen LogP contribution in [-0.4, -0.2) is 44.1 Å². The van der Waals surface area contributed by atoms with E-state index in [2.05, 4.69) is 10.6 Å². The van der Waals surface area contributed by atoms with Gasteiger partial charge in [-0.25, -0.2) is 4.79 Å². The van der Waals surface area contributed by atoms with Crippen molar-refractivity contribution >= 4 is 34.8 Å². The molecule has 0 radical (unpaired) electrons. The number of nitrogens with one attached hydrogen (secondary N) is 2. The lowest BCUT2D eigenvalue weighted by atomic mass is 9.53. The predicted molar refractivity (Wildman–Crippen MR) is 131 cm³/mol. The third kappa shape index (κ3) is 4.87. The van der Waals surface area contributed by atoms with Crippen molar-refractivity contribution in [2.45, 2.75) is 44.1 Å². The van der Waals surface area contributed by atoms with Crippen LogP contribution in [0.3, 0.4) is 0 Å². The number of esters is 1. The lowest BCUT2D eigenvalue weighted by Gasteiger charge is -2.56. The first kappa shape index (κ1) is 23.7. The second kappa shape index (κ2) is 9.53. The molecule has 0 unspecified atom stereocenters. The SMILES string of the molecule is COc1cc(NC(=O)c2cccs2)c(C(=O)OCC(=O)NC23CC4CC(CC(C4)C2)C3)cc1OC. The first-order valence-corrected chi connectivity index (χ1v) is 12.8. The Morgan fingerprint density at radius 1 is 1.00 bits per heavy atom. The summed E-state index contributed by atoms with van der Waals surface area (Å²) in [6, 6.07) is 6.41. The zero-order chi connectivity index (χ0) is 24.6. The van der Waals surface area contributed by atoms with E-state index in [1.807, 2.05) is 0 Å². The van der Waals surface area contributed by atoms with Crippen LogP contribution in [0.2, 0.25) is 0 Å². The van der Waals surface area contributed by atoms with Gasteiger partial charge in [0, 0.05) is 17.7 Å². The quantitative estimate of drug-likeness (QED) is 0.527. The molecule has 2 amide bonds. The second-order valence-electron chi connectivity index (χ2n) is 10.0. The highest BCUT2D eigenvalue weighted by atomic mass is 32.1. The maximum atomic E-state index is 13.0. The van der Waals surface area contributed by atoms with Crippen LogP contribution < -0.4 is 20.1 Å². The number of hydrogen-bond donors (Lipinski definition) is 2. The number of anilines is 1. The molecule has 0 spiro atoms. The third-order valence-corrected chi connectivity index (χ3v) is 8.38. The average Bonchev–Trinajstić information content (AvgIpc) is 3.36. The number of rotatable bonds is 8. The zero-order valence-corrected chi connectivity index (χ0v) is 20.7. The lowest BCUT2D eigenvalue weighted by Crippen LogP contribution is -2.60. The van der Waals surface area contributed by atoms with E-state index in [9.17, 15) is 14.4 Å². The molecule has 4 fully saturated rings. The number of carbonyl (C=O) groups is 3. The van der Waals surface area contributed by atoms with Gasteiger partial charge in [-0.2, -0.15) is 0 Å². The van der Waals surface area contributed by atoms with E-state index in [4.69, 9.17) is 14.2 Å². The van der Waals surface area contributed by atoms with Gasteiger partial charge in [-0.1, -0.05) is 6.07 Å². The van der Waals surface area contributed by atoms with Crippen LogP contribution >= 0.6 is 11.3 Å². The van der Waals surface area contributed by atoms with Crippen molar-refractivity contribution in [3.8, 4) is 11.5 Å². The maximum absolute atomic E-state index is 13.0. The molecule has 0 atom stereocenters. The van der Waals surface area contributed by atoms with Gasteiger partial charge in [-0.15, -0.1) is 11.3 Å². The number of hydrogen-bond acceptors (Lipinski definition) is 7. The number of carbonyl (C=O) groups excluding carboxylic acids is 3. The van der Waals surface area contributed by atoms with Crippen LogP contribution in [0.15, 0.2) is 29.6 Å². The van der Waals surface area contributed by atoms with Crippen molar-refractivity contribution in [3.05, 3.63) is 40.1 Å². The first-order chi connectivity index (χ1) is 16.9. The minimum atomic E-state index is -0.729. The number of methoxy groups -OCH3 is 2. The van der Waals surface area contributed by atoms with Gasteiger partial charge in [0.25, 0.3) is 11.8 Å². The van der Waals surface area contributed by atoms with Gasteiger partial charge < -0.3 is 24.8 Å². The van der Waals surface area contributed by atoms with Gasteiger partial charge >= 0.3 is 5.97 Å². The van der Waals surface area contributed by atoms with Gasteiger partial charge in [0.15, 0.2) is 18.1 Å². The van der Waals surface area contributed by atoms with Gasteiger partial charge in [0.2, 0.25) is 0 Å². The van der Waals surface area contributed by atoms with Crippen LogP contribution in [0, 0.1) is 17.8 Å². The summed E-state index contributed by atoms with van der Waals surface area (Å²) in [4.78, 5) is 39.0. The highest BCUT2D eigenvalue weighted by molar-refractivity contribution is 7.12.